The standard InChI is InChI=1S/C26H24F2N4O3/c1-26(35-2,22-8-3-4-13-29-22)23(15-33)30-25(34)18-6-5-7-19(28)24(18)21-14-20(31-32-21)16-9-11-17(27)12-10-16/h3-14,23,33H,15H2,1-2H3,(H,30,34)(H,31,32)/t23-,26?/m0/s1. The molecule has 0 spiro atoms. The number of methoxy groups -OCH3 is 1. The third-order valence-electron chi connectivity index (χ3n) is 6.00. The number of nitrogens with one attached hydrogen (secondary N) is 2. The Hall–Kier alpha value is -3.95. The zero-order valence-electron chi connectivity index (χ0n) is 19.1. The van der Waals surface area contributed by atoms with Crippen molar-refractivity contribution in [3.05, 3.63) is 95.8 Å². The average Bonchev–Trinajstić information content (AvgIpc) is 3.37. The van der Waals surface area contributed by atoms with Gasteiger partial charge in [-0.2, -0.15) is 5.10 Å². The van der Waals surface area contributed by atoms with Gasteiger partial charge in [-0.15, -0.1) is 0 Å². The van der Waals surface area contributed by atoms with Gasteiger partial charge >= 0.3 is 0 Å². The Morgan fingerprint density at radius 2 is 1.91 bits per heavy atom. The molecule has 0 saturated carbocycles. The molecule has 1 unspecified atom stereocenters. The van der Waals surface area contributed by atoms with Crippen molar-refractivity contribution in [2.45, 2.75) is 18.6 Å². The van der Waals surface area contributed by atoms with Crippen LogP contribution in [0.5, 0.6) is 0 Å². The maximum absolute atomic E-state index is 15.0. The van der Waals surface area contributed by atoms with E-state index in [0.717, 1.165) is 0 Å². The van der Waals surface area contributed by atoms with Crippen LogP contribution in [-0.4, -0.2) is 46.0 Å². The van der Waals surface area contributed by atoms with Gasteiger partial charge in [-0.25, -0.2) is 8.78 Å². The molecule has 7 nitrogen and oxygen atoms in total. The van der Waals surface area contributed by atoms with E-state index in [1.165, 1.54) is 37.4 Å². The highest BCUT2D eigenvalue weighted by atomic mass is 19.1. The minimum atomic E-state index is -1.15. The van der Waals surface area contributed by atoms with Crippen LogP contribution >= 0.6 is 0 Å². The van der Waals surface area contributed by atoms with E-state index in [1.54, 1.807) is 49.5 Å². The number of rotatable bonds is 8. The molecule has 35 heavy (non-hydrogen) atoms. The van der Waals surface area contributed by atoms with Gasteiger partial charge in [0.05, 0.1) is 40.9 Å². The second-order valence-corrected chi connectivity index (χ2v) is 8.07. The number of hydrogen-bond donors (Lipinski definition) is 3. The Morgan fingerprint density at radius 1 is 1.14 bits per heavy atom. The van der Waals surface area contributed by atoms with Crippen LogP contribution in [0.2, 0.25) is 0 Å². The highest BCUT2D eigenvalue weighted by Crippen LogP contribution is 2.31. The average molecular weight is 478 g/mol. The van der Waals surface area contributed by atoms with Crippen molar-refractivity contribution in [1.29, 1.82) is 0 Å². The number of pyridine rings is 1. The molecule has 9 heteroatoms. The van der Waals surface area contributed by atoms with E-state index < -0.39 is 30.0 Å². The Labute approximate surface area is 200 Å². The molecule has 2 aromatic carbocycles. The van der Waals surface area contributed by atoms with Gasteiger partial charge in [-0.3, -0.25) is 14.9 Å². The highest BCUT2D eigenvalue weighted by Gasteiger charge is 2.38. The maximum Gasteiger partial charge on any atom is 0.252 e. The third kappa shape index (κ3) is 4.82. The van der Waals surface area contributed by atoms with E-state index in [1.807, 2.05) is 0 Å². The van der Waals surface area contributed by atoms with Crippen LogP contribution in [0, 0.1) is 11.6 Å². The molecule has 3 N–H and O–H groups in total. The summed E-state index contributed by atoms with van der Waals surface area (Å²) in [6.45, 7) is 1.25. The summed E-state index contributed by atoms with van der Waals surface area (Å²) in [5.74, 6) is -1.65. The number of aromatic nitrogens is 3. The van der Waals surface area contributed by atoms with Crippen molar-refractivity contribution < 1.29 is 23.4 Å². The lowest BCUT2D eigenvalue weighted by atomic mass is 9.91. The first-order valence-electron chi connectivity index (χ1n) is 10.9. The Balaban J connectivity index is 1.67. The van der Waals surface area contributed by atoms with E-state index in [-0.39, 0.29) is 22.6 Å². The molecular weight excluding hydrogens is 454 g/mol. The van der Waals surface area contributed by atoms with Crippen molar-refractivity contribution in [3.63, 3.8) is 0 Å². The van der Waals surface area contributed by atoms with Gasteiger partial charge < -0.3 is 15.2 Å². The van der Waals surface area contributed by atoms with Crippen LogP contribution in [0.1, 0.15) is 23.0 Å². The first kappa shape index (κ1) is 24.2. The summed E-state index contributed by atoms with van der Waals surface area (Å²) < 4.78 is 33.9. The van der Waals surface area contributed by atoms with E-state index >= 15 is 0 Å². The topological polar surface area (TPSA) is 100 Å². The van der Waals surface area contributed by atoms with E-state index in [0.29, 0.717) is 17.0 Å². The Morgan fingerprint density at radius 3 is 2.57 bits per heavy atom. The van der Waals surface area contributed by atoms with Crippen molar-refractivity contribution in [3.8, 4) is 22.5 Å². The van der Waals surface area contributed by atoms with Crippen molar-refractivity contribution in [2.24, 2.45) is 0 Å². The van der Waals surface area contributed by atoms with Crippen LogP contribution in [-0.2, 0) is 10.3 Å². The molecule has 0 aliphatic rings. The maximum atomic E-state index is 15.0. The number of amides is 1. The monoisotopic (exact) mass is 478 g/mol. The Kier molecular flexibility index (Phi) is 6.99. The molecular formula is C26H24F2N4O3. The number of aromatic amines is 1. The molecule has 1 amide bonds. The first-order valence-corrected chi connectivity index (χ1v) is 10.9. The third-order valence-corrected chi connectivity index (χ3v) is 6.00. The molecule has 2 aromatic heterocycles. The number of carbonyl (C=O) groups is 1. The smallest absolute Gasteiger partial charge is 0.252 e. The number of ether oxygens (including phenoxy) is 1. The first-order chi connectivity index (χ1) is 16.9. The van der Waals surface area contributed by atoms with Crippen LogP contribution in [0.15, 0.2) is 72.9 Å². The molecule has 0 bridgehead atoms. The molecule has 180 valence electrons. The lowest BCUT2D eigenvalue weighted by Crippen LogP contribution is -2.52. The van der Waals surface area contributed by atoms with Gasteiger partial charge in [0.2, 0.25) is 0 Å². The number of H-pyrrole nitrogens is 1. The fourth-order valence-electron chi connectivity index (χ4n) is 3.88. The van der Waals surface area contributed by atoms with Gasteiger partial charge in [-0.05, 0) is 67.1 Å². The fourth-order valence-corrected chi connectivity index (χ4v) is 3.88. The minimum absolute atomic E-state index is 0.0109. The molecule has 0 aliphatic carbocycles. The SMILES string of the molecule is COC(C)(c1ccccn1)[C@H](CO)NC(=O)c1cccc(F)c1-c1cc(-c2ccc(F)cc2)[nH]n1. The molecule has 4 aromatic rings. The van der Waals surface area contributed by atoms with Crippen LogP contribution in [0.4, 0.5) is 8.78 Å². The highest BCUT2D eigenvalue weighted by molar-refractivity contribution is 6.01. The van der Waals surface area contributed by atoms with Crippen LogP contribution < -0.4 is 5.32 Å². The number of halogens is 2. The largest absolute Gasteiger partial charge is 0.394 e. The number of benzene rings is 2. The van der Waals surface area contributed by atoms with Gasteiger partial charge in [0.15, 0.2) is 0 Å². The molecule has 0 radical (unpaired) electrons. The van der Waals surface area contributed by atoms with Gasteiger partial charge in [-0.1, -0.05) is 12.1 Å². The van der Waals surface area contributed by atoms with E-state index in [2.05, 4.69) is 20.5 Å². The summed E-state index contributed by atoms with van der Waals surface area (Å²) in [4.78, 5) is 17.6. The number of carbonyl (C=O) groups excluding carboxylic acids is 1. The summed E-state index contributed by atoms with van der Waals surface area (Å²) in [5.41, 5.74) is 0.763. The zero-order chi connectivity index (χ0) is 25.0. The number of nitrogens with zero attached hydrogens (tertiary/aromatic N) is 2. The second-order valence-electron chi connectivity index (χ2n) is 8.07. The second kappa shape index (κ2) is 10.1. The van der Waals surface area contributed by atoms with Crippen LogP contribution in [0.25, 0.3) is 22.5 Å². The summed E-state index contributed by atoms with van der Waals surface area (Å²) in [7, 11) is 1.46. The summed E-state index contributed by atoms with van der Waals surface area (Å²) in [5, 5.41) is 19.8. The fraction of sp³-hybridized carbons (Fsp3) is 0.192. The van der Waals surface area contributed by atoms with Gasteiger partial charge in [0.1, 0.15) is 17.2 Å². The molecule has 4 rings (SSSR count). The lowest BCUT2D eigenvalue weighted by molar-refractivity contribution is -0.0464. The molecule has 2 atom stereocenters. The predicted octanol–water partition coefficient (Wildman–Crippen LogP) is 4.07. The Bertz CT molecular complexity index is 1310. The summed E-state index contributed by atoms with van der Waals surface area (Å²) >= 11 is 0. The van der Waals surface area contributed by atoms with Crippen LogP contribution in [0.3, 0.4) is 0 Å². The van der Waals surface area contributed by atoms with Crippen molar-refractivity contribution in [1.82, 2.24) is 20.5 Å². The van der Waals surface area contributed by atoms with Gasteiger partial charge in [0.25, 0.3) is 5.91 Å². The van der Waals surface area contributed by atoms with E-state index in [9.17, 15) is 18.7 Å². The molecule has 0 saturated heterocycles. The van der Waals surface area contributed by atoms with Gasteiger partial charge in [0, 0.05) is 13.3 Å². The number of aliphatic hydroxyl groups excluding tert-OH is 1. The summed E-state index contributed by atoms with van der Waals surface area (Å²) in [6.07, 6.45) is 1.59. The lowest BCUT2D eigenvalue weighted by Gasteiger charge is -2.35. The number of aliphatic hydroxyl groups is 1. The normalized spacial score (nSPS) is 13.7. The zero-order valence-corrected chi connectivity index (χ0v) is 19.1. The predicted molar refractivity (Wildman–Crippen MR) is 126 cm³/mol. The van der Waals surface area contributed by atoms with Crippen molar-refractivity contribution in [2.75, 3.05) is 13.7 Å². The molecule has 2 heterocycles. The quantitative estimate of drug-likeness (QED) is 0.355. The van der Waals surface area contributed by atoms with Crippen molar-refractivity contribution >= 4 is 5.91 Å². The number of hydrogen-bond acceptors (Lipinski definition) is 5. The minimum Gasteiger partial charge on any atom is -0.394 e. The molecule has 0 aliphatic heterocycles. The molecule has 0 fully saturated rings. The summed E-state index contributed by atoms with van der Waals surface area (Å²) in [6, 6.07) is 15.8. The van der Waals surface area contributed by atoms with E-state index in [4.69, 9.17) is 4.74 Å².